The van der Waals surface area contributed by atoms with Crippen LogP contribution < -0.4 is 5.56 Å². The summed E-state index contributed by atoms with van der Waals surface area (Å²) in [7, 11) is 2.08. The van der Waals surface area contributed by atoms with Gasteiger partial charge in [0.2, 0.25) is 5.56 Å². The van der Waals surface area contributed by atoms with Crippen molar-refractivity contribution in [1.29, 1.82) is 0 Å². The highest BCUT2D eigenvalue weighted by Crippen LogP contribution is 2.20. The molecule has 2 heterocycles. The van der Waals surface area contributed by atoms with Crippen LogP contribution in [-0.2, 0) is 0 Å². The van der Waals surface area contributed by atoms with Crippen molar-refractivity contribution in [2.45, 2.75) is 39.7 Å². The molecule has 0 unspecified atom stereocenters. The molecule has 0 spiro atoms. The third-order valence-electron chi connectivity index (χ3n) is 4.39. The Bertz CT molecular complexity index is 592. The Hall–Kier alpha value is -1.62. The molecule has 0 radical (unpaired) electrons. The lowest BCUT2D eigenvalue weighted by molar-refractivity contribution is 0.0402. The molecule has 5 heteroatoms. The fourth-order valence-corrected chi connectivity index (χ4v) is 2.94. The minimum atomic E-state index is -0.204. The molecule has 1 saturated heterocycles. The van der Waals surface area contributed by atoms with Crippen molar-refractivity contribution in [3.63, 3.8) is 0 Å². The van der Waals surface area contributed by atoms with Crippen molar-refractivity contribution in [1.82, 2.24) is 14.8 Å². The second-order valence-corrected chi connectivity index (χ2v) is 6.92. The summed E-state index contributed by atoms with van der Waals surface area (Å²) < 4.78 is 0. The molecule has 1 aromatic heterocycles. The third-order valence-corrected chi connectivity index (χ3v) is 4.39. The van der Waals surface area contributed by atoms with E-state index >= 15 is 0 Å². The Morgan fingerprint density at radius 2 is 1.91 bits per heavy atom. The number of carbonyl (C=O) groups excluding carboxylic acids is 1. The molecule has 2 rings (SSSR count). The van der Waals surface area contributed by atoms with Crippen LogP contribution in [0.4, 0.5) is 0 Å². The summed E-state index contributed by atoms with van der Waals surface area (Å²) in [5.41, 5.74) is 1.11. The molecule has 1 amide bonds. The highest BCUT2D eigenvalue weighted by atomic mass is 16.2. The quantitative estimate of drug-likeness (QED) is 0.928. The Morgan fingerprint density at radius 3 is 2.50 bits per heavy atom. The van der Waals surface area contributed by atoms with Crippen LogP contribution in [-0.4, -0.2) is 53.4 Å². The van der Waals surface area contributed by atoms with Crippen LogP contribution >= 0.6 is 0 Å². The lowest BCUT2D eigenvalue weighted by Gasteiger charge is -2.42. The lowest BCUT2D eigenvalue weighted by Crippen LogP contribution is -2.56. The second kappa shape index (κ2) is 6.65. The van der Waals surface area contributed by atoms with Crippen LogP contribution in [0.25, 0.3) is 0 Å². The largest absolute Gasteiger partial charge is 0.333 e. The zero-order chi connectivity index (χ0) is 16.4. The molecule has 22 heavy (non-hydrogen) atoms. The van der Waals surface area contributed by atoms with Crippen LogP contribution in [0.15, 0.2) is 16.9 Å². The fourth-order valence-electron chi connectivity index (χ4n) is 2.94. The van der Waals surface area contributed by atoms with Gasteiger partial charge in [-0.05, 0) is 24.9 Å². The van der Waals surface area contributed by atoms with Gasteiger partial charge >= 0.3 is 0 Å². The van der Waals surface area contributed by atoms with Crippen LogP contribution in [0, 0.1) is 5.92 Å². The topological polar surface area (TPSA) is 56.4 Å². The van der Waals surface area contributed by atoms with Gasteiger partial charge in [-0.15, -0.1) is 0 Å². The molecule has 0 bridgehead atoms. The molecule has 1 aliphatic rings. The van der Waals surface area contributed by atoms with Crippen molar-refractivity contribution in [3.8, 4) is 0 Å². The van der Waals surface area contributed by atoms with E-state index < -0.39 is 0 Å². The minimum Gasteiger partial charge on any atom is -0.333 e. The van der Waals surface area contributed by atoms with Crippen molar-refractivity contribution in [3.05, 3.63) is 33.7 Å². The average Bonchev–Trinajstić information content (AvgIpc) is 2.45. The summed E-state index contributed by atoms with van der Waals surface area (Å²) in [6, 6.07) is 3.43. The second-order valence-electron chi connectivity index (χ2n) is 6.92. The molecule has 1 N–H and O–H groups in total. The highest BCUT2D eigenvalue weighted by molar-refractivity contribution is 5.94. The first-order valence-corrected chi connectivity index (χ1v) is 8.03. The number of rotatable bonds is 3. The van der Waals surface area contributed by atoms with Gasteiger partial charge in [-0.2, -0.15) is 0 Å². The third kappa shape index (κ3) is 3.58. The normalized spacial score (nSPS) is 20.0. The van der Waals surface area contributed by atoms with E-state index in [0.29, 0.717) is 18.0 Å². The van der Waals surface area contributed by atoms with E-state index in [4.69, 9.17) is 0 Å². The molecule has 1 fully saturated rings. The maximum Gasteiger partial charge on any atom is 0.254 e. The summed E-state index contributed by atoms with van der Waals surface area (Å²) in [5, 5.41) is 0. The van der Waals surface area contributed by atoms with Crippen molar-refractivity contribution in [2.75, 3.05) is 26.7 Å². The summed E-state index contributed by atoms with van der Waals surface area (Å²) >= 11 is 0. The van der Waals surface area contributed by atoms with Crippen LogP contribution in [0.1, 0.15) is 49.7 Å². The van der Waals surface area contributed by atoms with Gasteiger partial charge in [0.15, 0.2) is 0 Å². The Labute approximate surface area is 132 Å². The van der Waals surface area contributed by atoms with E-state index in [1.54, 1.807) is 0 Å². The summed E-state index contributed by atoms with van der Waals surface area (Å²) in [4.78, 5) is 31.7. The predicted molar refractivity (Wildman–Crippen MR) is 88.3 cm³/mol. The number of amides is 1. The van der Waals surface area contributed by atoms with E-state index in [-0.39, 0.29) is 23.4 Å². The molecule has 1 aliphatic heterocycles. The standard InChI is InChI=1S/C17H27N3O2/c1-11(2)14-8-13(9-16(21)18-14)17(22)20-7-6-19(5)10-15(20)12(3)4/h8-9,11-12,15H,6-7,10H2,1-5H3,(H,18,21)/t15-/m1/s1. The molecule has 5 nitrogen and oxygen atoms in total. The van der Waals surface area contributed by atoms with Crippen LogP contribution in [0.2, 0.25) is 0 Å². The summed E-state index contributed by atoms with van der Waals surface area (Å²) in [6.45, 7) is 10.8. The van der Waals surface area contributed by atoms with Crippen molar-refractivity contribution < 1.29 is 4.79 Å². The van der Waals surface area contributed by atoms with E-state index in [2.05, 4.69) is 30.8 Å². The van der Waals surface area contributed by atoms with E-state index in [0.717, 1.165) is 18.8 Å². The zero-order valence-electron chi connectivity index (χ0n) is 14.2. The van der Waals surface area contributed by atoms with Gasteiger partial charge in [0.1, 0.15) is 0 Å². The maximum absolute atomic E-state index is 12.9. The molecule has 0 aliphatic carbocycles. The number of hydrogen-bond donors (Lipinski definition) is 1. The molecule has 1 atom stereocenters. The van der Waals surface area contributed by atoms with Gasteiger partial charge in [-0.3, -0.25) is 9.59 Å². The van der Waals surface area contributed by atoms with Crippen molar-refractivity contribution in [2.24, 2.45) is 5.92 Å². The first-order chi connectivity index (χ1) is 10.3. The SMILES string of the molecule is CC(C)c1cc(C(=O)N2CCN(C)C[C@@H]2C(C)C)cc(=O)[nH]1. The monoisotopic (exact) mass is 305 g/mol. The summed E-state index contributed by atoms with van der Waals surface area (Å²) in [6.07, 6.45) is 0. The number of aromatic amines is 1. The Balaban J connectivity index is 2.32. The first kappa shape index (κ1) is 16.7. The first-order valence-electron chi connectivity index (χ1n) is 8.03. The van der Waals surface area contributed by atoms with Crippen molar-refractivity contribution >= 4 is 5.91 Å². The van der Waals surface area contributed by atoms with Gasteiger partial charge in [-0.1, -0.05) is 27.7 Å². The smallest absolute Gasteiger partial charge is 0.254 e. The van der Waals surface area contributed by atoms with Crippen LogP contribution in [0.5, 0.6) is 0 Å². The van der Waals surface area contributed by atoms with E-state index in [1.165, 1.54) is 6.07 Å². The number of piperazine rings is 1. The number of H-pyrrole nitrogens is 1. The molecular weight excluding hydrogens is 278 g/mol. The van der Waals surface area contributed by atoms with Gasteiger partial charge in [0, 0.05) is 43.0 Å². The molecule has 1 aromatic rings. The van der Waals surface area contributed by atoms with E-state index in [1.807, 2.05) is 24.8 Å². The number of nitrogens with one attached hydrogen (secondary N) is 1. The molecular formula is C17H27N3O2. The van der Waals surface area contributed by atoms with Gasteiger partial charge in [-0.25, -0.2) is 0 Å². The van der Waals surface area contributed by atoms with Crippen LogP contribution in [0.3, 0.4) is 0 Å². The van der Waals surface area contributed by atoms with Gasteiger partial charge in [0.05, 0.1) is 0 Å². The molecule has 122 valence electrons. The summed E-state index contributed by atoms with van der Waals surface area (Å²) in [5.74, 6) is 0.548. The lowest BCUT2D eigenvalue weighted by atomic mass is 9.98. The van der Waals surface area contributed by atoms with Gasteiger partial charge in [0.25, 0.3) is 5.91 Å². The average molecular weight is 305 g/mol. The number of likely N-dealkylation sites (N-methyl/N-ethyl adjacent to an activating group) is 1. The number of carbonyl (C=O) groups is 1. The Kier molecular flexibility index (Phi) is 5.06. The number of nitrogens with zero attached hydrogens (tertiary/aromatic N) is 2. The Morgan fingerprint density at radius 1 is 1.23 bits per heavy atom. The number of hydrogen-bond acceptors (Lipinski definition) is 3. The van der Waals surface area contributed by atoms with Gasteiger partial charge < -0.3 is 14.8 Å². The maximum atomic E-state index is 12.9. The molecule has 0 aromatic carbocycles. The zero-order valence-corrected chi connectivity index (χ0v) is 14.2. The minimum absolute atomic E-state index is 0.0280. The fraction of sp³-hybridized carbons (Fsp3) is 0.647. The highest BCUT2D eigenvalue weighted by Gasteiger charge is 2.31. The van der Waals surface area contributed by atoms with E-state index in [9.17, 15) is 9.59 Å². The molecule has 0 saturated carbocycles. The number of pyridine rings is 1. The number of aromatic nitrogens is 1. The predicted octanol–water partition coefficient (Wildman–Crippen LogP) is 1.91.